The number of ether oxygens (including phenoxy) is 1. The molecule has 9 heteroatoms. The van der Waals surface area contributed by atoms with Crippen LogP contribution >= 0.6 is 11.3 Å². The van der Waals surface area contributed by atoms with E-state index in [4.69, 9.17) is 10.5 Å². The number of amides is 2. The summed E-state index contributed by atoms with van der Waals surface area (Å²) in [7, 11) is 0. The van der Waals surface area contributed by atoms with Crippen molar-refractivity contribution in [3.63, 3.8) is 0 Å². The van der Waals surface area contributed by atoms with E-state index < -0.39 is 0 Å². The molecule has 0 unspecified atom stereocenters. The number of carbonyl (C=O) groups excluding carboxylic acids is 2. The zero-order chi connectivity index (χ0) is 19.5. The van der Waals surface area contributed by atoms with Crippen molar-refractivity contribution in [2.75, 3.05) is 51.6 Å². The normalized spacial score (nSPS) is 24.5. The summed E-state index contributed by atoms with van der Waals surface area (Å²) >= 11 is 1.24. The second-order valence-electron chi connectivity index (χ2n) is 8.20. The predicted molar refractivity (Wildman–Crippen MR) is 107 cm³/mol. The average molecular weight is 408 g/mol. The lowest BCUT2D eigenvalue weighted by Gasteiger charge is -2.38. The molecule has 4 rings (SSSR count). The predicted octanol–water partition coefficient (Wildman–Crippen LogP) is 0.805. The van der Waals surface area contributed by atoms with E-state index in [-0.39, 0.29) is 24.5 Å². The number of likely N-dealkylation sites (tertiary alicyclic amines) is 1. The second kappa shape index (κ2) is 8.75. The molecule has 3 fully saturated rings. The van der Waals surface area contributed by atoms with Crippen LogP contribution in [0.4, 0.5) is 5.13 Å². The highest BCUT2D eigenvalue weighted by atomic mass is 32.1. The van der Waals surface area contributed by atoms with E-state index in [1.165, 1.54) is 30.7 Å². The van der Waals surface area contributed by atoms with Gasteiger partial charge in [-0.2, -0.15) is 0 Å². The van der Waals surface area contributed by atoms with Crippen molar-refractivity contribution in [3.05, 3.63) is 11.1 Å². The Morgan fingerprint density at radius 1 is 1.25 bits per heavy atom. The molecule has 1 aromatic rings. The zero-order valence-corrected chi connectivity index (χ0v) is 17.0. The topological polar surface area (TPSA) is 101 Å². The Bertz CT molecular complexity index is 699. The molecule has 1 atom stereocenters. The number of hydrogen-bond donors (Lipinski definition) is 2. The number of aromatic nitrogens is 1. The van der Waals surface area contributed by atoms with E-state index in [0.717, 1.165) is 38.4 Å². The summed E-state index contributed by atoms with van der Waals surface area (Å²) in [5, 5.41) is 4.84. The Hall–Kier alpha value is -1.71. The van der Waals surface area contributed by atoms with Crippen LogP contribution < -0.4 is 11.1 Å². The Labute approximate surface area is 169 Å². The van der Waals surface area contributed by atoms with Gasteiger partial charge in [0.05, 0.1) is 6.10 Å². The SMILES string of the molecule is Nc1nc(C(=O)NC[C@@H]2CN(CC3CCN(CC4CC4)CC3)C(=O)CO2)cs1. The Kier molecular flexibility index (Phi) is 6.13. The van der Waals surface area contributed by atoms with Crippen molar-refractivity contribution < 1.29 is 14.3 Å². The molecule has 0 radical (unpaired) electrons. The van der Waals surface area contributed by atoms with Crippen molar-refractivity contribution in [3.8, 4) is 0 Å². The van der Waals surface area contributed by atoms with Crippen molar-refractivity contribution in [2.24, 2.45) is 11.8 Å². The lowest BCUT2D eigenvalue weighted by molar-refractivity contribution is -0.149. The molecular weight excluding hydrogens is 378 g/mol. The van der Waals surface area contributed by atoms with Crippen LogP contribution in [0.2, 0.25) is 0 Å². The Morgan fingerprint density at radius 2 is 2.00 bits per heavy atom. The van der Waals surface area contributed by atoms with E-state index in [1.807, 2.05) is 4.90 Å². The molecule has 0 aromatic carbocycles. The van der Waals surface area contributed by atoms with Crippen LogP contribution in [-0.4, -0.2) is 78.6 Å². The van der Waals surface area contributed by atoms with Crippen LogP contribution in [0, 0.1) is 11.8 Å². The Morgan fingerprint density at radius 3 is 2.68 bits per heavy atom. The largest absolute Gasteiger partial charge is 0.375 e. The van der Waals surface area contributed by atoms with Crippen molar-refractivity contribution in [2.45, 2.75) is 31.8 Å². The first-order chi connectivity index (χ1) is 13.6. The number of nitrogens with two attached hydrogens (primary N) is 1. The van der Waals surface area contributed by atoms with Gasteiger partial charge >= 0.3 is 0 Å². The summed E-state index contributed by atoms with van der Waals surface area (Å²) in [4.78, 5) is 32.9. The number of hydrogen-bond acceptors (Lipinski definition) is 7. The van der Waals surface area contributed by atoms with Gasteiger partial charge in [0.15, 0.2) is 5.13 Å². The highest BCUT2D eigenvalue weighted by molar-refractivity contribution is 7.13. The fourth-order valence-electron chi connectivity index (χ4n) is 4.00. The maximum absolute atomic E-state index is 12.3. The molecule has 1 aromatic heterocycles. The number of thiazole rings is 1. The minimum Gasteiger partial charge on any atom is -0.375 e. The van der Waals surface area contributed by atoms with Crippen molar-refractivity contribution in [1.29, 1.82) is 0 Å². The smallest absolute Gasteiger partial charge is 0.270 e. The van der Waals surface area contributed by atoms with E-state index in [0.29, 0.717) is 29.8 Å². The van der Waals surface area contributed by atoms with Gasteiger partial charge in [-0.25, -0.2) is 4.98 Å². The number of nitrogen functional groups attached to an aromatic ring is 1. The van der Waals surface area contributed by atoms with Gasteiger partial charge < -0.3 is 25.6 Å². The monoisotopic (exact) mass is 407 g/mol. The fourth-order valence-corrected chi connectivity index (χ4v) is 4.54. The van der Waals surface area contributed by atoms with Crippen LogP contribution in [-0.2, 0) is 9.53 Å². The molecule has 8 nitrogen and oxygen atoms in total. The van der Waals surface area contributed by atoms with Gasteiger partial charge in [-0.15, -0.1) is 11.3 Å². The van der Waals surface area contributed by atoms with Gasteiger partial charge in [0.1, 0.15) is 12.3 Å². The molecule has 3 heterocycles. The fraction of sp³-hybridized carbons (Fsp3) is 0.737. The minimum absolute atomic E-state index is 0.0512. The number of nitrogens with zero attached hydrogens (tertiary/aromatic N) is 3. The van der Waals surface area contributed by atoms with Crippen LogP contribution in [0.1, 0.15) is 36.2 Å². The van der Waals surface area contributed by atoms with E-state index >= 15 is 0 Å². The maximum atomic E-state index is 12.3. The lowest BCUT2D eigenvalue weighted by Crippen LogP contribution is -2.52. The number of nitrogens with one attached hydrogen (secondary N) is 1. The first kappa shape index (κ1) is 19.6. The molecule has 0 bridgehead atoms. The molecule has 2 aliphatic heterocycles. The highest BCUT2D eigenvalue weighted by Gasteiger charge is 2.31. The number of rotatable bonds is 7. The molecule has 3 N–H and O–H groups in total. The molecule has 0 spiro atoms. The molecule has 28 heavy (non-hydrogen) atoms. The summed E-state index contributed by atoms with van der Waals surface area (Å²) in [5.41, 5.74) is 5.89. The van der Waals surface area contributed by atoms with Gasteiger partial charge in [-0.1, -0.05) is 0 Å². The van der Waals surface area contributed by atoms with E-state index in [2.05, 4.69) is 15.2 Å². The van der Waals surface area contributed by atoms with E-state index in [9.17, 15) is 9.59 Å². The number of piperidine rings is 1. The van der Waals surface area contributed by atoms with Crippen LogP contribution in [0.15, 0.2) is 5.38 Å². The average Bonchev–Trinajstić information content (AvgIpc) is 3.40. The van der Waals surface area contributed by atoms with Gasteiger partial charge in [0.25, 0.3) is 5.91 Å². The third-order valence-corrected chi connectivity index (χ3v) is 6.54. The van der Waals surface area contributed by atoms with Gasteiger partial charge in [0, 0.05) is 31.6 Å². The lowest BCUT2D eigenvalue weighted by atomic mass is 9.95. The quantitative estimate of drug-likeness (QED) is 0.694. The highest BCUT2D eigenvalue weighted by Crippen LogP contribution is 2.31. The van der Waals surface area contributed by atoms with Crippen molar-refractivity contribution in [1.82, 2.24) is 20.1 Å². The molecule has 3 aliphatic rings. The molecular formula is C19H29N5O3S. The third-order valence-electron chi connectivity index (χ3n) is 5.86. The van der Waals surface area contributed by atoms with Crippen molar-refractivity contribution >= 4 is 28.3 Å². The minimum atomic E-state index is -0.261. The van der Waals surface area contributed by atoms with Gasteiger partial charge in [0.2, 0.25) is 5.91 Å². The zero-order valence-electron chi connectivity index (χ0n) is 16.1. The number of morpholine rings is 1. The van der Waals surface area contributed by atoms with Crippen LogP contribution in [0.25, 0.3) is 0 Å². The van der Waals surface area contributed by atoms with Gasteiger partial charge in [-0.05, 0) is 50.6 Å². The van der Waals surface area contributed by atoms with Crippen LogP contribution in [0.5, 0.6) is 0 Å². The molecule has 154 valence electrons. The Balaban J connectivity index is 1.21. The summed E-state index contributed by atoms with van der Waals surface area (Å²) in [5.74, 6) is 1.29. The first-order valence-corrected chi connectivity index (χ1v) is 11.1. The van der Waals surface area contributed by atoms with Crippen LogP contribution in [0.3, 0.4) is 0 Å². The van der Waals surface area contributed by atoms with Gasteiger partial charge in [-0.3, -0.25) is 9.59 Å². The maximum Gasteiger partial charge on any atom is 0.270 e. The molecule has 1 saturated carbocycles. The third kappa shape index (κ3) is 5.21. The molecule has 2 saturated heterocycles. The summed E-state index contributed by atoms with van der Waals surface area (Å²) in [6.45, 7) is 5.33. The summed E-state index contributed by atoms with van der Waals surface area (Å²) < 4.78 is 5.61. The van der Waals surface area contributed by atoms with E-state index in [1.54, 1.807) is 5.38 Å². The first-order valence-electron chi connectivity index (χ1n) is 10.2. The summed E-state index contributed by atoms with van der Waals surface area (Å²) in [6, 6.07) is 0. The standard InChI is InChI=1S/C19H29N5O3S/c20-19-22-16(12-28-19)18(26)21-7-15-10-24(17(25)11-27-15)9-14-3-5-23(6-4-14)8-13-1-2-13/h12-15H,1-11H2,(H2,20,22)(H,21,26)/t15-/m1/s1. The second-order valence-corrected chi connectivity index (χ2v) is 9.09. The summed E-state index contributed by atoms with van der Waals surface area (Å²) in [6.07, 6.45) is 4.92. The number of carbonyl (C=O) groups is 2. The number of anilines is 1. The molecule has 2 amide bonds. The molecule has 1 aliphatic carbocycles.